The van der Waals surface area contributed by atoms with Crippen LogP contribution in [-0.4, -0.2) is 46.4 Å². The summed E-state index contributed by atoms with van der Waals surface area (Å²) in [4.78, 5) is 36.9. The fourth-order valence-corrected chi connectivity index (χ4v) is 3.73. The molecular formula is C15H22N2O4. The number of amides is 2. The lowest BCUT2D eigenvalue weighted by molar-refractivity contribution is -0.146. The van der Waals surface area contributed by atoms with E-state index < -0.39 is 5.97 Å². The van der Waals surface area contributed by atoms with Crippen molar-refractivity contribution in [2.45, 2.75) is 57.0 Å². The van der Waals surface area contributed by atoms with Gasteiger partial charge in [0.15, 0.2) is 0 Å². The molecule has 0 spiro atoms. The second kappa shape index (κ2) is 5.66. The first-order valence-electron chi connectivity index (χ1n) is 7.87. The third-order valence-corrected chi connectivity index (χ3v) is 5.13. The molecule has 6 nitrogen and oxygen atoms in total. The standard InChI is InChI=1S/C15H22N2O4/c18-13-7-10(8-17(13)12-3-1-2-4-12)14(19)16-11-5-9(6-11)15(20)21/h9-12H,1-8H2,(H,16,19)(H,20,21). The maximum atomic E-state index is 12.2. The van der Waals surface area contributed by atoms with Crippen molar-refractivity contribution < 1.29 is 19.5 Å². The molecule has 1 saturated heterocycles. The van der Waals surface area contributed by atoms with Crippen LogP contribution >= 0.6 is 0 Å². The lowest BCUT2D eigenvalue weighted by Crippen LogP contribution is -2.48. The van der Waals surface area contributed by atoms with Crippen LogP contribution < -0.4 is 5.32 Å². The summed E-state index contributed by atoms with van der Waals surface area (Å²) in [5, 5.41) is 11.7. The summed E-state index contributed by atoms with van der Waals surface area (Å²) in [6.07, 6.45) is 5.78. The minimum absolute atomic E-state index is 0.0331. The Morgan fingerprint density at radius 3 is 2.43 bits per heavy atom. The van der Waals surface area contributed by atoms with E-state index >= 15 is 0 Å². The zero-order valence-electron chi connectivity index (χ0n) is 12.1. The molecule has 0 aromatic rings. The predicted molar refractivity (Wildman–Crippen MR) is 74.4 cm³/mol. The number of likely N-dealkylation sites (tertiary alicyclic amines) is 1. The number of carbonyl (C=O) groups is 3. The summed E-state index contributed by atoms with van der Waals surface area (Å²) in [6.45, 7) is 0.532. The number of aliphatic carboxylic acids is 1. The number of carbonyl (C=O) groups excluding carboxylic acids is 2. The van der Waals surface area contributed by atoms with E-state index in [4.69, 9.17) is 5.11 Å². The van der Waals surface area contributed by atoms with E-state index in [0.717, 1.165) is 12.8 Å². The third-order valence-electron chi connectivity index (χ3n) is 5.13. The van der Waals surface area contributed by atoms with Gasteiger partial charge >= 0.3 is 5.97 Å². The number of carboxylic acids is 1. The number of rotatable bonds is 4. The summed E-state index contributed by atoms with van der Waals surface area (Å²) in [7, 11) is 0. The lowest BCUT2D eigenvalue weighted by atomic mass is 9.80. The highest BCUT2D eigenvalue weighted by Crippen LogP contribution is 2.31. The van der Waals surface area contributed by atoms with E-state index in [1.807, 2.05) is 4.90 Å². The first kappa shape index (κ1) is 14.4. The molecule has 0 bridgehead atoms. The van der Waals surface area contributed by atoms with Gasteiger partial charge in [0.05, 0.1) is 11.8 Å². The van der Waals surface area contributed by atoms with Gasteiger partial charge in [0.2, 0.25) is 11.8 Å². The smallest absolute Gasteiger partial charge is 0.306 e. The quantitative estimate of drug-likeness (QED) is 0.801. The van der Waals surface area contributed by atoms with E-state index in [1.165, 1.54) is 12.8 Å². The molecule has 3 fully saturated rings. The van der Waals surface area contributed by atoms with E-state index in [0.29, 0.717) is 31.8 Å². The van der Waals surface area contributed by atoms with Gasteiger partial charge in [0.1, 0.15) is 0 Å². The van der Waals surface area contributed by atoms with Gasteiger partial charge in [-0.1, -0.05) is 12.8 Å². The van der Waals surface area contributed by atoms with Crippen molar-refractivity contribution >= 4 is 17.8 Å². The van der Waals surface area contributed by atoms with Crippen molar-refractivity contribution in [3.05, 3.63) is 0 Å². The number of nitrogens with zero attached hydrogens (tertiary/aromatic N) is 1. The molecule has 6 heteroatoms. The van der Waals surface area contributed by atoms with Crippen LogP contribution in [0.1, 0.15) is 44.9 Å². The van der Waals surface area contributed by atoms with Crippen molar-refractivity contribution in [2.24, 2.45) is 11.8 Å². The highest BCUT2D eigenvalue weighted by molar-refractivity contribution is 5.89. The zero-order chi connectivity index (χ0) is 15.0. The number of carboxylic acid groups (broad SMARTS) is 1. The number of hydrogen-bond donors (Lipinski definition) is 2. The van der Waals surface area contributed by atoms with Crippen molar-refractivity contribution in [2.75, 3.05) is 6.54 Å². The average Bonchev–Trinajstić information content (AvgIpc) is 3.00. The number of nitrogens with one attached hydrogen (secondary N) is 1. The summed E-state index contributed by atoms with van der Waals surface area (Å²) in [5.74, 6) is -1.36. The van der Waals surface area contributed by atoms with Gasteiger partial charge in [-0.25, -0.2) is 0 Å². The maximum Gasteiger partial charge on any atom is 0.306 e. The Morgan fingerprint density at radius 1 is 1.14 bits per heavy atom. The van der Waals surface area contributed by atoms with Crippen LogP contribution in [0.15, 0.2) is 0 Å². The summed E-state index contributed by atoms with van der Waals surface area (Å²) in [6, 6.07) is 0.296. The first-order valence-corrected chi connectivity index (χ1v) is 7.87. The minimum Gasteiger partial charge on any atom is -0.481 e. The molecule has 2 aliphatic carbocycles. The molecule has 2 N–H and O–H groups in total. The van der Waals surface area contributed by atoms with Crippen molar-refractivity contribution in [3.63, 3.8) is 0 Å². The normalized spacial score (nSPS) is 33.0. The molecule has 3 aliphatic rings. The van der Waals surface area contributed by atoms with Crippen LogP contribution in [0.3, 0.4) is 0 Å². The molecule has 0 radical (unpaired) electrons. The second-order valence-electron chi connectivity index (χ2n) is 6.60. The molecule has 3 rings (SSSR count). The SMILES string of the molecule is O=C(O)C1CC(NC(=O)C2CC(=O)N(C3CCCC3)C2)C1. The Hall–Kier alpha value is -1.59. The topological polar surface area (TPSA) is 86.7 Å². The Labute approximate surface area is 123 Å². The fraction of sp³-hybridized carbons (Fsp3) is 0.800. The predicted octanol–water partition coefficient (Wildman–Crippen LogP) is 0.757. The summed E-state index contributed by atoms with van der Waals surface area (Å²) >= 11 is 0. The Morgan fingerprint density at radius 2 is 1.81 bits per heavy atom. The molecule has 1 heterocycles. The van der Waals surface area contributed by atoms with Gasteiger partial charge in [-0.05, 0) is 25.7 Å². The highest BCUT2D eigenvalue weighted by Gasteiger charge is 2.41. The third kappa shape index (κ3) is 2.89. The van der Waals surface area contributed by atoms with Crippen LogP contribution in [0, 0.1) is 11.8 Å². The molecule has 0 aromatic heterocycles. The molecular weight excluding hydrogens is 272 g/mol. The van der Waals surface area contributed by atoms with E-state index in [-0.39, 0.29) is 29.7 Å². The monoisotopic (exact) mass is 294 g/mol. The first-order chi connectivity index (χ1) is 10.0. The van der Waals surface area contributed by atoms with Crippen LogP contribution in [0.4, 0.5) is 0 Å². The van der Waals surface area contributed by atoms with Crippen LogP contribution in [0.25, 0.3) is 0 Å². The van der Waals surface area contributed by atoms with Crippen molar-refractivity contribution in [3.8, 4) is 0 Å². The Kier molecular flexibility index (Phi) is 3.87. The van der Waals surface area contributed by atoms with Gasteiger partial charge in [-0.2, -0.15) is 0 Å². The van der Waals surface area contributed by atoms with Gasteiger partial charge in [-0.15, -0.1) is 0 Å². The zero-order valence-corrected chi connectivity index (χ0v) is 12.1. The van der Waals surface area contributed by atoms with Crippen molar-refractivity contribution in [1.82, 2.24) is 10.2 Å². The largest absolute Gasteiger partial charge is 0.481 e. The maximum absolute atomic E-state index is 12.2. The van der Waals surface area contributed by atoms with Crippen molar-refractivity contribution in [1.29, 1.82) is 0 Å². The van der Waals surface area contributed by atoms with Gasteiger partial charge < -0.3 is 15.3 Å². The van der Waals surface area contributed by atoms with E-state index in [1.54, 1.807) is 0 Å². The summed E-state index contributed by atoms with van der Waals surface area (Å²) in [5.41, 5.74) is 0. The van der Waals surface area contributed by atoms with Crippen LogP contribution in [0.2, 0.25) is 0 Å². The molecule has 0 aromatic carbocycles. The average molecular weight is 294 g/mol. The molecule has 21 heavy (non-hydrogen) atoms. The molecule has 116 valence electrons. The Bertz CT molecular complexity index is 453. The van der Waals surface area contributed by atoms with Crippen LogP contribution in [-0.2, 0) is 14.4 Å². The van der Waals surface area contributed by atoms with E-state index in [9.17, 15) is 14.4 Å². The van der Waals surface area contributed by atoms with E-state index in [2.05, 4.69) is 5.32 Å². The Balaban J connectivity index is 1.48. The van der Waals surface area contributed by atoms with Gasteiger partial charge in [0, 0.05) is 25.0 Å². The highest BCUT2D eigenvalue weighted by atomic mass is 16.4. The molecule has 1 atom stereocenters. The second-order valence-corrected chi connectivity index (χ2v) is 6.60. The van der Waals surface area contributed by atoms with Gasteiger partial charge in [0.25, 0.3) is 0 Å². The minimum atomic E-state index is -0.788. The molecule has 1 unspecified atom stereocenters. The fourth-order valence-electron chi connectivity index (χ4n) is 3.73. The molecule has 2 saturated carbocycles. The number of hydrogen-bond acceptors (Lipinski definition) is 3. The van der Waals surface area contributed by atoms with Crippen LogP contribution in [0.5, 0.6) is 0 Å². The van der Waals surface area contributed by atoms with Gasteiger partial charge in [-0.3, -0.25) is 14.4 Å². The molecule has 1 aliphatic heterocycles. The molecule has 2 amide bonds. The summed E-state index contributed by atoms with van der Waals surface area (Å²) < 4.78 is 0. The lowest BCUT2D eigenvalue weighted by Gasteiger charge is -2.33.